The van der Waals surface area contributed by atoms with Gasteiger partial charge in [0.15, 0.2) is 5.82 Å². The van der Waals surface area contributed by atoms with Crippen LogP contribution in [0.5, 0.6) is 5.88 Å². The van der Waals surface area contributed by atoms with Gasteiger partial charge in [-0.25, -0.2) is 4.98 Å². The lowest BCUT2D eigenvalue weighted by Gasteiger charge is -2.35. The fourth-order valence-electron chi connectivity index (χ4n) is 3.21. The molecule has 0 aromatic carbocycles. The zero-order valence-corrected chi connectivity index (χ0v) is 16.3. The summed E-state index contributed by atoms with van der Waals surface area (Å²) in [7, 11) is -5.77. The molecule has 1 aliphatic heterocycles. The van der Waals surface area contributed by atoms with Crippen LogP contribution in [0.3, 0.4) is 0 Å². The van der Waals surface area contributed by atoms with Crippen LogP contribution in [0.15, 0.2) is 36.7 Å². The van der Waals surface area contributed by atoms with E-state index in [4.69, 9.17) is 0 Å². The quantitative estimate of drug-likeness (QED) is 0.472. The van der Waals surface area contributed by atoms with Crippen LogP contribution in [0.2, 0.25) is 0 Å². The third-order valence-corrected chi connectivity index (χ3v) is 5.69. The summed E-state index contributed by atoms with van der Waals surface area (Å²) in [5.41, 5.74) is -3.53. The molecule has 13 heteroatoms. The third-order valence-electron chi connectivity index (χ3n) is 4.73. The molecule has 30 heavy (non-hydrogen) atoms. The maximum Gasteiger partial charge on any atom is 0.534 e. The summed E-state index contributed by atoms with van der Waals surface area (Å²) in [6, 6.07) is 6.35. The van der Waals surface area contributed by atoms with Crippen LogP contribution in [0.4, 0.5) is 19.0 Å². The molecule has 3 aromatic rings. The highest BCUT2D eigenvalue weighted by Gasteiger charge is 2.48. The lowest BCUT2D eigenvalue weighted by atomic mass is 10.2. The molecule has 0 atom stereocenters. The van der Waals surface area contributed by atoms with Gasteiger partial charge in [0.1, 0.15) is 5.65 Å². The summed E-state index contributed by atoms with van der Waals surface area (Å²) in [5.74, 6) is -0.301. The maximum absolute atomic E-state index is 12.4. The molecule has 0 saturated carbocycles. The van der Waals surface area contributed by atoms with Crippen molar-refractivity contribution in [1.29, 1.82) is 0 Å². The van der Waals surface area contributed by atoms with E-state index in [0.717, 1.165) is 42.3 Å². The number of nitrogens with one attached hydrogen (secondary N) is 1. The van der Waals surface area contributed by atoms with Gasteiger partial charge in [0.2, 0.25) is 0 Å². The molecule has 4 rings (SSSR count). The van der Waals surface area contributed by atoms with Crippen LogP contribution in [0.1, 0.15) is 5.56 Å². The number of hydrogen-bond donors (Lipinski definition) is 1. The van der Waals surface area contributed by atoms with Crippen LogP contribution in [-0.2, 0) is 16.7 Å². The zero-order chi connectivity index (χ0) is 21.4. The van der Waals surface area contributed by atoms with Gasteiger partial charge in [-0.05, 0) is 23.8 Å². The van der Waals surface area contributed by atoms with Crippen LogP contribution in [0.25, 0.3) is 11.0 Å². The summed E-state index contributed by atoms with van der Waals surface area (Å²) < 4.78 is 63.1. The second-order valence-electron chi connectivity index (χ2n) is 6.69. The lowest BCUT2D eigenvalue weighted by molar-refractivity contribution is -0.0501. The standard InChI is InChI=1S/C17H17F3N6O3S/c18-17(19,20)30(27,28)29-15-4-3-14(23-24-15)26-8-6-25(7-9-26)11-12-10-22-16-13(12)2-1-5-21-16/h1-5,10H,6-9,11H2,(H,21,22). The molecule has 0 amide bonds. The van der Waals surface area contributed by atoms with Crippen LogP contribution >= 0.6 is 0 Å². The van der Waals surface area contributed by atoms with E-state index >= 15 is 0 Å². The molecule has 4 heterocycles. The Balaban J connectivity index is 1.35. The van der Waals surface area contributed by atoms with E-state index in [-0.39, 0.29) is 0 Å². The van der Waals surface area contributed by atoms with Gasteiger partial charge in [-0.1, -0.05) is 0 Å². The van der Waals surface area contributed by atoms with Crippen LogP contribution < -0.4 is 9.08 Å². The largest absolute Gasteiger partial charge is 0.534 e. The Labute approximate surface area is 169 Å². The highest BCUT2D eigenvalue weighted by Crippen LogP contribution is 2.26. The summed E-state index contributed by atoms with van der Waals surface area (Å²) in [6.07, 6.45) is 3.68. The fraction of sp³-hybridized carbons (Fsp3) is 0.353. The number of aromatic nitrogens is 4. The predicted octanol–water partition coefficient (Wildman–Crippen LogP) is 1.90. The minimum atomic E-state index is -5.77. The molecule has 1 fully saturated rings. The third kappa shape index (κ3) is 4.16. The van der Waals surface area contributed by atoms with Crippen LogP contribution in [-0.4, -0.2) is 65.2 Å². The second kappa shape index (κ2) is 7.72. The van der Waals surface area contributed by atoms with E-state index in [0.29, 0.717) is 18.9 Å². The maximum atomic E-state index is 12.4. The molecule has 0 aliphatic carbocycles. The number of H-pyrrole nitrogens is 1. The average Bonchev–Trinajstić information content (AvgIpc) is 3.11. The smallest absolute Gasteiger partial charge is 0.354 e. The van der Waals surface area contributed by atoms with Gasteiger partial charge in [-0.2, -0.15) is 21.6 Å². The minimum absolute atomic E-state index is 0.433. The first kappa shape index (κ1) is 20.3. The van der Waals surface area contributed by atoms with Gasteiger partial charge in [0.25, 0.3) is 5.88 Å². The number of anilines is 1. The summed E-state index contributed by atoms with van der Waals surface area (Å²) >= 11 is 0. The van der Waals surface area contributed by atoms with Crippen molar-refractivity contribution >= 4 is 27.0 Å². The van der Waals surface area contributed by atoms with Crippen molar-refractivity contribution in [2.24, 2.45) is 0 Å². The Morgan fingerprint density at radius 3 is 2.53 bits per heavy atom. The molecule has 0 unspecified atom stereocenters. The number of alkyl halides is 3. The van der Waals surface area contributed by atoms with E-state index in [2.05, 4.69) is 29.2 Å². The average molecular weight is 442 g/mol. The minimum Gasteiger partial charge on any atom is -0.354 e. The van der Waals surface area contributed by atoms with Gasteiger partial charge >= 0.3 is 15.6 Å². The Kier molecular flexibility index (Phi) is 5.24. The van der Waals surface area contributed by atoms with Gasteiger partial charge in [0, 0.05) is 56.6 Å². The van der Waals surface area contributed by atoms with E-state index in [1.165, 1.54) is 6.07 Å². The summed E-state index contributed by atoms with van der Waals surface area (Å²) in [4.78, 5) is 11.6. The number of pyridine rings is 1. The van der Waals surface area contributed by atoms with Crippen LogP contribution in [0, 0.1) is 0 Å². The van der Waals surface area contributed by atoms with Crippen molar-refractivity contribution in [3.05, 3.63) is 42.2 Å². The van der Waals surface area contributed by atoms with Crippen molar-refractivity contribution < 1.29 is 25.8 Å². The topological polar surface area (TPSA) is 104 Å². The van der Waals surface area contributed by atoms with E-state index in [1.54, 1.807) is 6.20 Å². The highest BCUT2D eigenvalue weighted by molar-refractivity contribution is 7.87. The zero-order valence-electron chi connectivity index (χ0n) is 15.5. The molecule has 9 nitrogen and oxygen atoms in total. The number of nitrogens with zero attached hydrogens (tertiary/aromatic N) is 5. The van der Waals surface area contributed by atoms with Gasteiger partial charge in [-0.3, -0.25) is 4.90 Å². The Morgan fingerprint density at radius 1 is 1.10 bits per heavy atom. The molecule has 1 saturated heterocycles. The molecular weight excluding hydrogens is 425 g/mol. The van der Waals surface area contributed by atoms with Gasteiger partial charge in [-0.15, -0.1) is 10.2 Å². The Morgan fingerprint density at radius 2 is 1.87 bits per heavy atom. The molecule has 0 radical (unpaired) electrons. The second-order valence-corrected chi connectivity index (χ2v) is 8.23. The number of rotatable bonds is 5. The van der Waals surface area contributed by atoms with Crippen molar-refractivity contribution in [3.8, 4) is 5.88 Å². The Bertz CT molecular complexity index is 1130. The van der Waals surface area contributed by atoms with Gasteiger partial charge < -0.3 is 14.1 Å². The monoisotopic (exact) mass is 442 g/mol. The van der Waals surface area contributed by atoms with E-state index in [9.17, 15) is 21.6 Å². The molecule has 3 aromatic heterocycles. The first-order valence-electron chi connectivity index (χ1n) is 8.96. The summed E-state index contributed by atoms with van der Waals surface area (Å²) in [6.45, 7) is 3.52. The van der Waals surface area contributed by atoms with Crippen molar-refractivity contribution in [2.45, 2.75) is 12.1 Å². The fourth-order valence-corrected chi connectivity index (χ4v) is 3.61. The molecular formula is C17H17F3N6O3S. The SMILES string of the molecule is O=S(=O)(Oc1ccc(N2CCN(Cc3c[nH]c4ncccc34)CC2)nn1)C(F)(F)F. The number of hydrogen-bond acceptors (Lipinski definition) is 8. The van der Waals surface area contributed by atoms with Crippen molar-refractivity contribution in [2.75, 3.05) is 31.1 Å². The lowest BCUT2D eigenvalue weighted by Crippen LogP contribution is -2.46. The highest BCUT2D eigenvalue weighted by atomic mass is 32.2. The van der Waals surface area contributed by atoms with Gasteiger partial charge in [0.05, 0.1) is 0 Å². The predicted molar refractivity (Wildman–Crippen MR) is 101 cm³/mol. The van der Waals surface area contributed by atoms with Crippen molar-refractivity contribution in [3.63, 3.8) is 0 Å². The van der Waals surface area contributed by atoms with E-state index in [1.807, 2.05) is 23.2 Å². The number of halogens is 3. The molecule has 0 spiro atoms. The van der Waals surface area contributed by atoms with Crippen molar-refractivity contribution in [1.82, 2.24) is 25.1 Å². The van der Waals surface area contributed by atoms with E-state index < -0.39 is 21.5 Å². The summed E-state index contributed by atoms with van der Waals surface area (Å²) in [5, 5.41) is 8.33. The molecule has 160 valence electrons. The first-order chi connectivity index (χ1) is 14.2. The molecule has 0 bridgehead atoms. The first-order valence-corrected chi connectivity index (χ1v) is 10.4. The number of piperazine rings is 1. The number of fused-ring (bicyclic) bond motifs is 1. The normalized spacial score (nSPS) is 16.2. The number of aromatic amines is 1. The molecule has 1 N–H and O–H groups in total. The Hall–Kier alpha value is -2.93. The molecule has 1 aliphatic rings.